The average molecular weight is 393 g/mol. The van der Waals surface area contributed by atoms with E-state index < -0.39 is 0 Å². The molecule has 3 aromatic rings. The van der Waals surface area contributed by atoms with Crippen molar-refractivity contribution in [2.45, 2.75) is 31.8 Å². The first kappa shape index (κ1) is 18.5. The maximum atomic E-state index is 6.22. The molecule has 0 aliphatic carbocycles. The maximum Gasteiger partial charge on any atom is 0.254 e. The Labute approximate surface area is 171 Å². The number of rotatable bonds is 6. The lowest BCUT2D eigenvalue weighted by atomic mass is 10.1. The van der Waals surface area contributed by atoms with Gasteiger partial charge in [0.25, 0.3) is 5.78 Å². The van der Waals surface area contributed by atoms with Crippen LogP contribution >= 0.6 is 0 Å². The molecule has 0 amide bonds. The third-order valence-corrected chi connectivity index (χ3v) is 5.98. The van der Waals surface area contributed by atoms with Gasteiger partial charge in [-0.2, -0.15) is 14.6 Å². The minimum absolute atomic E-state index is 0.270. The van der Waals surface area contributed by atoms with Crippen molar-refractivity contribution in [3.8, 4) is 11.3 Å². The Morgan fingerprint density at radius 2 is 1.90 bits per heavy atom. The largest absolute Gasteiger partial charge is 0.375 e. The fourth-order valence-electron chi connectivity index (χ4n) is 4.38. The maximum absolute atomic E-state index is 6.22. The fraction of sp³-hybridized carbons (Fsp3) is 0.500. The van der Waals surface area contributed by atoms with Crippen LogP contribution in [0.5, 0.6) is 0 Å². The summed E-state index contributed by atoms with van der Waals surface area (Å²) in [5, 5.41) is 4.40. The quantitative estimate of drug-likeness (QED) is 0.643. The van der Waals surface area contributed by atoms with Gasteiger partial charge in [0.1, 0.15) is 12.1 Å². The molecule has 0 bridgehead atoms. The lowest BCUT2D eigenvalue weighted by Crippen LogP contribution is -2.34. The molecule has 0 saturated carbocycles. The summed E-state index contributed by atoms with van der Waals surface area (Å²) in [6.07, 6.45) is 6.92. The Bertz CT molecular complexity index is 937. The van der Waals surface area contributed by atoms with Crippen LogP contribution in [0.2, 0.25) is 0 Å². The second kappa shape index (κ2) is 8.47. The van der Waals surface area contributed by atoms with E-state index in [9.17, 15) is 0 Å². The number of ether oxygens (including phenoxy) is 1. The summed E-state index contributed by atoms with van der Waals surface area (Å²) in [6.45, 7) is 6.17. The van der Waals surface area contributed by atoms with Crippen LogP contribution in [0.1, 0.15) is 25.7 Å². The van der Waals surface area contributed by atoms with Crippen LogP contribution in [0.25, 0.3) is 17.0 Å². The fourth-order valence-corrected chi connectivity index (χ4v) is 4.38. The molecule has 2 aromatic heterocycles. The zero-order valence-corrected chi connectivity index (χ0v) is 16.8. The Morgan fingerprint density at radius 1 is 1.03 bits per heavy atom. The second-order valence-corrected chi connectivity index (χ2v) is 7.97. The normalized spacial score (nSPS) is 20.6. The lowest BCUT2D eigenvalue weighted by Gasteiger charge is -2.26. The highest BCUT2D eigenvalue weighted by atomic mass is 16.5. The number of benzene rings is 1. The van der Waals surface area contributed by atoms with E-state index in [2.05, 4.69) is 43.1 Å². The van der Waals surface area contributed by atoms with Crippen molar-refractivity contribution < 1.29 is 4.74 Å². The number of likely N-dealkylation sites (tertiary alicyclic amines) is 1. The zero-order valence-electron chi connectivity index (χ0n) is 16.8. The van der Waals surface area contributed by atoms with Crippen molar-refractivity contribution in [2.24, 2.45) is 0 Å². The first-order chi connectivity index (χ1) is 14.4. The predicted octanol–water partition coefficient (Wildman–Crippen LogP) is 2.87. The number of fused-ring (bicyclic) bond motifs is 1. The molecule has 4 heterocycles. The predicted molar refractivity (Wildman–Crippen MR) is 113 cm³/mol. The Balaban J connectivity index is 1.28. The molecular formula is C22H28N6O. The number of nitrogens with zero attached hydrogens (tertiary/aromatic N) is 6. The standard InChI is InChI=1S/C22H28N6O/c1-3-7-18(8-4-1)20-15-21(28-22(25-20)23-17-24-28)27-12-9-19(16-27)29-14-13-26-10-5-2-6-11-26/h1,3-4,7-8,15,17,19H,2,5-6,9-14,16H2/t19-/m0/s1. The van der Waals surface area contributed by atoms with Crippen LogP contribution in [0.15, 0.2) is 42.7 Å². The molecule has 29 heavy (non-hydrogen) atoms. The van der Waals surface area contributed by atoms with Crippen molar-refractivity contribution in [1.29, 1.82) is 0 Å². The molecule has 2 aliphatic heterocycles. The van der Waals surface area contributed by atoms with Crippen LogP contribution in [0.4, 0.5) is 5.82 Å². The van der Waals surface area contributed by atoms with Gasteiger partial charge in [-0.15, -0.1) is 0 Å². The van der Waals surface area contributed by atoms with Crippen molar-refractivity contribution in [2.75, 3.05) is 44.2 Å². The van der Waals surface area contributed by atoms with E-state index in [0.29, 0.717) is 5.78 Å². The summed E-state index contributed by atoms with van der Waals surface area (Å²) in [6, 6.07) is 12.4. The van der Waals surface area contributed by atoms with Gasteiger partial charge in [0, 0.05) is 31.3 Å². The third kappa shape index (κ3) is 4.11. The second-order valence-electron chi connectivity index (χ2n) is 7.97. The molecule has 152 valence electrons. The number of hydrogen-bond donors (Lipinski definition) is 0. The molecule has 2 aliphatic rings. The number of piperidine rings is 1. The van der Waals surface area contributed by atoms with Gasteiger partial charge in [-0.3, -0.25) is 0 Å². The van der Waals surface area contributed by atoms with E-state index in [1.54, 1.807) is 6.33 Å². The SMILES string of the molecule is c1ccc(-c2cc(N3CC[C@H](OCCN4CCCCC4)C3)n3ncnc3n2)cc1. The van der Waals surface area contributed by atoms with Crippen LogP contribution in [0.3, 0.4) is 0 Å². The molecule has 5 rings (SSSR count). The molecule has 7 heteroatoms. The van der Waals surface area contributed by atoms with Crippen LogP contribution < -0.4 is 4.90 Å². The summed E-state index contributed by atoms with van der Waals surface area (Å²) in [5.74, 6) is 1.67. The van der Waals surface area contributed by atoms with Gasteiger partial charge in [0.05, 0.1) is 18.4 Å². The summed E-state index contributed by atoms with van der Waals surface area (Å²) in [4.78, 5) is 13.9. The zero-order chi connectivity index (χ0) is 19.5. The van der Waals surface area contributed by atoms with Crippen LogP contribution in [-0.2, 0) is 4.74 Å². The van der Waals surface area contributed by atoms with E-state index in [4.69, 9.17) is 4.74 Å². The van der Waals surface area contributed by atoms with Gasteiger partial charge < -0.3 is 14.5 Å². The monoisotopic (exact) mass is 392 g/mol. The van der Waals surface area contributed by atoms with E-state index in [-0.39, 0.29) is 6.10 Å². The molecule has 0 spiro atoms. The molecule has 0 N–H and O–H groups in total. The summed E-state index contributed by atoms with van der Waals surface area (Å²) < 4.78 is 8.06. The molecule has 2 saturated heterocycles. The Morgan fingerprint density at radius 3 is 2.76 bits per heavy atom. The van der Waals surface area contributed by atoms with E-state index >= 15 is 0 Å². The minimum Gasteiger partial charge on any atom is -0.375 e. The van der Waals surface area contributed by atoms with Crippen LogP contribution in [0, 0.1) is 0 Å². The molecule has 0 radical (unpaired) electrons. The highest BCUT2D eigenvalue weighted by molar-refractivity contribution is 5.65. The summed E-state index contributed by atoms with van der Waals surface area (Å²) in [5.41, 5.74) is 2.02. The van der Waals surface area contributed by atoms with E-state index in [0.717, 1.165) is 49.7 Å². The van der Waals surface area contributed by atoms with Crippen LogP contribution in [-0.4, -0.2) is 69.9 Å². The summed E-state index contributed by atoms with van der Waals surface area (Å²) >= 11 is 0. The van der Waals surface area contributed by atoms with E-state index in [1.807, 2.05) is 22.7 Å². The molecule has 7 nitrogen and oxygen atoms in total. The molecule has 2 fully saturated rings. The Hall–Kier alpha value is -2.51. The van der Waals surface area contributed by atoms with Gasteiger partial charge in [0.2, 0.25) is 0 Å². The summed E-state index contributed by atoms with van der Waals surface area (Å²) in [7, 11) is 0. The number of anilines is 1. The van der Waals surface area contributed by atoms with Gasteiger partial charge in [-0.25, -0.2) is 4.98 Å². The molecule has 1 atom stereocenters. The number of hydrogen-bond acceptors (Lipinski definition) is 6. The highest BCUT2D eigenvalue weighted by Gasteiger charge is 2.26. The topological polar surface area (TPSA) is 58.8 Å². The first-order valence-corrected chi connectivity index (χ1v) is 10.7. The first-order valence-electron chi connectivity index (χ1n) is 10.7. The van der Waals surface area contributed by atoms with Crippen molar-refractivity contribution in [1.82, 2.24) is 24.5 Å². The molecule has 1 aromatic carbocycles. The lowest BCUT2D eigenvalue weighted by molar-refractivity contribution is 0.0467. The van der Waals surface area contributed by atoms with Crippen molar-refractivity contribution in [3.05, 3.63) is 42.7 Å². The highest BCUT2D eigenvalue weighted by Crippen LogP contribution is 2.27. The Kier molecular flexibility index (Phi) is 5.41. The average Bonchev–Trinajstić information content (AvgIpc) is 3.44. The molecule has 0 unspecified atom stereocenters. The smallest absolute Gasteiger partial charge is 0.254 e. The van der Waals surface area contributed by atoms with Gasteiger partial charge in [0.15, 0.2) is 0 Å². The van der Waals surface area contributed by atoms with E-state index in [1.165, 1.54) is 32.4 Å². The molecular weight excluding hydrogens is 364 g/mol. The number of aromatic nitrogens is 4. The van der Waals surface area contributed by atoms with Gasteiger partial charge in [-0.1, -0.05) is 36.8 Å². The minimum atomic E-state index is 0.270. The third-order valence-electron chi connectivity index (χ3n) is 5.98. The van der Waals surface area contributed by atoms with Gasteiger partial charge in [-0.05, 0) is 32.4 Å². The van der Waals surface area contributed by atoms with Gasteiger partial charge >= 0.3 is 0 Å². The van der Waals surface area contributed by atoms with Crippen molar-refractivity contribution in [3.63, 3.8) is 0 Å². The van der Waals surface area contributed by atoms with Crippen molar-refractivity contribution >= 4 is 11.6 Å².